The number of nitrogens with one attached hydrogen (secondary N) is 3. The van der Waals surface area contributed by atoms with Crippen LogP contribution in [0.1, 0.15) is 49.0 Å². The van der Waals surface area contributed by atoms with Crippen LogP contribution in [-0.2, 0) is 35.3 Å². The van der Waals surface area contributed by atoms with Crippen LogP contribution in [0.4, 0.5) is 5.69 Å². The minimum absolute atomic E-state index is 0.0401. The van der Waals surface area contributed by atoms with E-state index < -0.39 is 48.1 Å². The third-order valence-corrected chi connectivity index (χ3v) is 6.96. The normalized spacial score (nSPS) is 20.9. The summed E-state index contributed by atoms with van der Waals surface area (Å²) in [6.07, 6.45) is 0.0693. The van der Waals surface area contributed by atoms with Crippen molar-refractivity contribution in [3.63, 3.8) is 0 Å². The average Bonchev–Trinajstić information content (AvgIpc) is 3.55. The number of carbonyl (C=O) groups is 5. The number of halogens is 1. The first-order valence-electron chi connectivity index (χ1n) is 13.0. The van der Waals surface area contributed by atoms with E-state index >= 15 is 0 Å². The number of rotatable bonds is 9. The Morgan fingerprint density at radius 2 is 1.90 bits per heavy atom. The molecule has 3 N–H and O–H groups in total. The zero-order valence-electron chi connectivity index (χ0n) is 22.1. The molecule has 11 nitrogen and oxygen atoms in total. The van der Waals surface area contributed by atoms with Crippen molar-refractivity contribution >= 4 is 46.9 Å². The van der Waals surface area contributed by atoms with Crippen molar-refractivity contribution in [1.82, 2.24) is 15.5 Å². The Hall–Kier alpha value is -3.96. The number of carbonyl (C=O) groups excluding carboxylic acids is 5. The quantitative estimate of drug-likeness (QED) is 0.393. The zero-order valence-corrected chi connectivity index (χ0v) is 22.9. The van der Waals surface area contributed by atoms with Gasteiger partial charge in [-0.05, 0) is 43.5 Å². The molecule has 4 atom stereocenters. The van der Waals surface area contributed by atoms with Gasteiger partial charge in [0.25, 0.3) is 5.91 Å². The summed E-state index contributed by atoms with van der Waals surface area (Å²) in [6.45, 7) is 3.44. The van der Waals surface area contributed by atoms with Gasteiger partial charge in [0, 0.05) is 19.0 Å². The Bertz CT molecular complexity index is 1290. The van der Waals surface area contributed by atoms with Gasteiger partial charge in [-0.25, -0.2) is 0 Å². The van der Waals surface area contributed by atoms with Crippen molar-refractivity contribution in [3.05, 3.63) is 64.7 Å². The summed E-state index contributed by atoms with van der Waals surface area (Å²) >= 11 is 6.16. The van der Waals surface area contributed by atoms with Crippen LogP contribution in [0.5, 0.6) is 0 Å². The summed E-state index contributed by atoms with van der Waals surface area (Å²) in [5.41, 5.74) is 1.47. The highest BCUT2D eigenvalue weighted by atomic mass is 35.5. The minimum Gasteiger partial charge on any atom is -0.433 e. The molecule has 0 bridgehead atoms. The Balaban J connectivity index is 1.34. The van der Waals surface area contributed by atoms with E-state index in [1.165, 1.54) is 36.9 Å². The van der Waals surface area contributed by atoms with Gasteiger partial charge < -0.3 is 30.3 Å². The van der Waals surface area contributed by atoms with E-state index in [4.69, 9.17) is 21.1 Å². The van der Waals surface area contributed by atoms with Crippen LogP contribution in [0.3, 0.4) is 0 Å². The number of esters is 1. The molecule has 212 valence electrons. The Kier molecular flexibility index (Phi) is 9.38. The molecule has 2 aromatic rings. The van der Waals surface area contributed by atoms with Gasteiger partial charge in [-0.2, -0.15) is 0 Å². The maximum Gasteiger partial charge on any atom is 0.310 e. The van der Waals surface area contributed by atoms with E-state index in [1.54, 1.807) is 0 Å². The molecule has 2 aliphatic heterocycles. The predicted octanol–water partition coefficient (Wildman–Crippen LogP) is 2.38. The third-order valence-electron chi connectivity index (χ3n) is 6.65. The Labute approximate surface area is 236 Å². The van der Waals surface area contributed by atoms with Crippen molar-refractivity contribution in [2.24, 2.45) is 0 Å². The number of hydrogen-bond acceptors (Lipinski definition) is 7. The molecule has 4 amide bonds. The maximum atomic E-state index is 13.2. The van der Waals surface area contributed by atoms with Crippen molar-refractivity contribution < 1.29 is 33.4 Å². The second-order valence-corrected chi connectivity index (χ2v) is 10.1. The largest absolute Gasteiger partial charge is 0.433 e. The molecule has 0 aromatic heterocycles. The molecular formula is C28H31ClN4O7. The van der Waals surface area contributed by atoms with E-state index in [2.05, 4.69) is 16.0 Å². The van der Waals surface area contributed by atoms with Crippen LogP contribution in [0.15, 0.2) is 48.5 Å². The molecule has 0 radical (unpaired) electrons. The molecule has 4 unspecified atom stereocenters. The number of nitrogens with zero attached hydrogens (tertiary/aromatic N) is 1. The lowest BCUT2D eigenvalue weighted by Gasteiger charge is -2.28. The van der Waals surface area contributed by atoms with E-state index in [1.807, 2.05) is 30.3 Å². The lowest BCUT2D eigenvalue weighted by molar-refractivity contribution is -0.168. The summed E-state index contributed by atoms with van der Waals surface area (Å²) in [5, 5.41) is 8.20. The molecule has 4 rings (SSSR count). The van der Waals surface area contributed by atoms with Crippen LogP contribution < -0.4 is 16.0 Å². The fourth-order valence-electron chi connectivity index (χ4n) is 4.68. The highest BCUT2D eigenvalue weighted by molar-refractivity contribution is 6.34. The van der Waals surface area contributed by atoms with Gasteiger partial charge in [0.05, 0.1) is 23.7 Å². The minimum atomic E-state index is -0.940. The van der Waals surface area contributed by atoms with Gasteiger partial charge in [0.2, 0.25) is 24.0 Å². The molecule has 40 heavy (non-hydrogen) atoms. The Morgan fingerprint density at radius 1 is 1.15 bits per heavy atom. The highest BCUT2D eigenvalue weighted by Crippen LogP contribution is 2.24. The van der Waals surface area contributed by atoms with Gasteiger partial charge in [-0.3, -0.25) is 24.0 Å². The second kappa shape index (κ2) is 12.9. The van der Waals surface area contributed by atoms with Gasteiger partial charge in [-0.1, -0.05) is 41.9 Å². The van der Waals surface area contributed by atoms with Crippen LogP contribution in [0.25, 0.3) is 0 Å². The molecule has 2 fully saturated rings. The smallest absolute Gasteiger partial charge is 0.310 e. The van der Waals surface area contributed by atoms with Gasteiger partial charge in [-0.15, -0.1) is 0 Å². The molecule has 0 spiro atoms. The molecule has 2 heterocycles. The molecule has 2 aromatic carbocycles. The van der Waals surface area contributed by atoms with Gasteiger partial charge in [0.15, 0.2) is 0 Å². The predicted molar refractivity (Wildman–Crippen MR) is 145 cm³/mol. The SMILES string of the molecule is CC(=O)Nc1ccc(C(=O)NC(C)C(=O)N2CCCC2C(=O)NC2CC(=O)OC2OCc2ccccc2)cc1Cl. The molecule has 12 heteroatoms. The molecule has 0 saturated carbocycles. The lowest BCUT2D eigenvalue weighted by Crippen LogP contribution is -2.54. The fourth-order valence-corrected chi connectivity index (χ4v) is 4.91. The van der Waals surface area contributed by atoms with E-state index in [0.29, 0.717) is 25.1 Å². The lowest BCUT2D eigenvalue weighted by atomic mass is 10.1. The Morgan fingerprint density at radius 3 is 2.60 bits per heavy atom. The summed E-state index contributed by atoms with van der Waals surface area (Å²) < 4.78 is 11.0. The maximum absolute atomic E-state index is 13.2. The first-order valence-corrected chi connectivity index (χ1v) is 13.3. The van der Waals surface area contributed by atoms with E-state index in [9.17, 15) is 24.0 Å². The van der Waals surface area contributed by atoms with Crippen molar-refractivity contribution in [1.29, 1.82) is 0 Å². The van der Waals surface area contributed by atoms with Crippen LogP contribution in [0.2, 0.25) is 5.02 Å². The van der Waals surface area contributed by atoms with Crippen LogP contribution in [-0.4, -0.2) is 65.5 Å². The van der Waals surface area contributed by atoms with Crippen LogP contribution >= 0.6 is 11.6 Å². The van der Waals surface area contributed by atoms with Crippen LogP contribution in [0, 0.1) is 0 Å². The molecule has 2 aliphatic rings. The van der Waals surface area contributed by atoms with E-state index in [-0.39, 0.29) is 29.5 Å². The number of ether oxygens (including phenoxy) is 2. The number of anilines is 1. The standard InChI is InChI=1S/C28H31ClN4O7/c1-16(30-25(36)19-10-11-21(20(29)13-19)31-17(2)34)27(38)33-12-6-9-23(33)26(37)32-22-14-24(35)40-28(22)39-15-18-7-4-3-5-8-18/h3-5,7-8,10-11,13,16,22-23,28H,6,9,12,14-15H2,1-2H3,(H,30,36)(H,31,34)(H,32,37). The highest BCUT2D eigenvalue weighted by Gasteiger charge is 2.41. The number of cyclic esters (lactones) is 1. The summed E-state index contributed by atoms with van der Waals surface area (Å²) in [6, 6.07) is 11.4. The first-order chi connectivity index (χ1) is 19.1. The van der Waals surface area contributed by atoms with E-state index in [0.717, 1.165) is 5.56 Å². The summed E-state index contributed by atoms with van der Waals surface area (Å²) in [5.74, 6) is -2.14. The summed E-state index contributed by atoms with van der Waals surface area (Å²) in [7, 11) is 0. The van der Waals surface area contributed by atoms with Gasteiger partial charge >= 0.3 is 5.97 Å². The van der Waals surface area contributed by atoms with Crippen molar-refractivity contribution in [2.45, 2.75) is 64.1 Å². The second-order valence-electron chi connectivity index (χ2n) is 9.73. The number of hydrogen-bond donors (Lipinski definition) is 3. The zero-order chi connectivity index (χ0) is 28.8. The number of amides is 4. The molecular weight excluding hydrogens is 540 g/mol. The third kappa shape index (κ3) is 7.16. The molecule has 2 saturated heterocycles. The monoisotopic (exact) mass is 570 g/mol. The number of benzene rings is 2. The average molecular weight is 571 g/mol. The first kappa shape index (κ1) is 29.0. The molecule has 0 aliphatic carbocycles. The van der Waals surface area contributed by atoms with Gasteiger partial charge in [0.1, 0.15) is 18.1 Å². The summed E-state index contributed by atoms with van der Waals surface area (Å²) in [4.78, 5) is 63.9. The topological polar surface area (TPSA) is 143 Å². The number of likely N-dealkylation sites (tertiary alicyclic amines) is 1. The fraction of sp³-hybridized carbons (Fsp3) is 0.393. The van der Waals surface area contributed by atoms with Crippen molar-refractivity contribution in [3.8, 4) is 0 Å². The van der Waals surface area contributed by atoms with Crippen molar-refractivity contribution in [2.75, 3.05) is 11.9 Å².